The minimum absolute atomic E-state index is 0.0196. The van der Waals surface area contributed by atoms with Gasteiger partial charge in [-0.15, -0.1) is 0 Å². The summed E-state index contributed by atoms with van der Waals surface area (Å²) in [5.41, 5.74) is -0.734. The van der Waals surface area contributed by atoms with Crippen molar-refractivity contribution in [1.82, 2.24) is 0 Å². The van der Waals surface area contributed by atoms with E-state index < -0.39 is 16.6 Å². The molecule has 0 spiro atoms. The van der Waals surface area contributed by atoms with Crippen molar-refractivity contribution in [1.29, 1.82) is 0 Å². The first-order valence-electron chi connectivity index (χ1n) is 8.00. The maximum atomic E-state index is 12.2. The average Bonchev–Trinajstić information content (AvgIpc) is 2.49. The molecule has 0 fully saturated rings. The van der Waals surface area contributed by atoms with Gasteiger partial charge in [-0.25, -0.2) is 4.79 Å². The quantitative estimate of drug-likeness (QED) is 0.562. The van der Waals surface area contributed by atoms with Crippen LogP contribution in [0.2, 0.25) is 0 Å². The normalized spacial score (nSPS) is 11.3. The summed E-state index contributed by atoms with van der Waals surface area (Å²) in [6, 6.07) is 4.39. The highest BCUT2D eigenvalue weighted by molar-refractivity contribution is 5.90. The van der Waals surface area contributed by atoms with Crippen molar-refractivity contribution in [2.24, 2.45) is 0 Å². The molecule has 0 aliphatic carbocycles. The molecule has 134 valence electrons. The molecule has 0 heterocycles. The molecule has 24 heavy (non-hydrogen) atoms. The number of carbonyl (C=O) groups is 1. The minimum Gasteiger partial charge on any atom is -0.490 e. The van der Waals surface area contributed by atoms with Crippen molar-refractivity contribution in [2.45, 2.75) is 59.2 Å². The van der Waals surface area contributed by atoms with Crippen LogP contribution in [0, 0.1) is 10.1 Å². The van der Waals surface area contributed by atoms with E-state index >= 15 is 0 Å². The number of anilines is 1. The van der Waals surface area contributed by atoms with Gasteiger partial charge >= 0.3 is 6.09 Å². The summed E-state index contributed by atoms with van der Waals surface area (Å²) in [7, 11) is 1.44. The largest absolute Gasteiger partial charge is 0.490 e. The van der Waals surface area contributed by atoms with Gasteiger partial charge in [0.05, 0.1) is 11.0 Å². The lowest BCUT2D eigenvalue weighted by atomic mass is 10.2. The lowest BCUT2D eigenvalue weighted by molar-refractivity contribution is -0.384. The Balaban J connectivity index is 3.17. The smallest absolute Gasteiger partial charge is 0.414 e. The molecule has 0 aliphatic heterocycles. The van der Waals surface area contributed by atoms with Gasteiger partial charge < -0.3 is 9.47 Å². The van der Waals surface area contributed by atoms with Crippen molar-refractivity contribution in [3.8, 4) is 5.75 Å². The van der Waals surface area contributed by atoms with Crippen LogP contribution in [-0.4, -0.2) is 29.8 Å². The summed E-state index contributed by atoms with van der Waals surface area (Å²) < 4.78 is 11.1. The van der Waals surface area contributed by atoms with E-state index in [1.165, 1.54) is 19.2 Å². The monoisotopic (exact) mass is 338 g/mol. The number of nitro benzene ring substituents is 1. The molecule has 1 aromatic carbocycles. The van der Waals surface area contributed by atoms with Crippen molar-refractivity contribution in [3.05, 3.63) is 28.3 Å². The maximum Gasteiger partial charge on any atom is 0.414 e. The Bertz CT molecular complexity index is 591. The topological polar surface area (TPSA) is 81.9 Å². The third kappa shape index (κ3) is 5.40. The van der Waals surface area contributed by atoms with Crippen LogP contribution >= 0.6 is 0 Å². The van der Waals surface area contributed by atoms with Gasteiger partial charge in [-0.05, 0) is 39.7 Å². The number of nitro groups is 1. The molecule has 0 aromatic heterocycles. The molecule has 1 amide bonds. The Morgan fingerprint density at radius 2 is 1.88 bits per heavy atom. The van der Waals surface area contributed by atoms with Gasteiger partial charge in [-0.2, -0.15) is 0 Å². The molecule has 0 atom stereocenters. The second kappa shape index (κ2) is 7.99. The zero-order chi connectivity index (χ0) is 18.5. The second-order valence-corrected chi connectivity index (χ2v) is 6.50. The van der Waals surface area contributed by atoms with E-state index in [9.17, 15) is 14.9 Å². The van der Waals surface area contributed by atoms with Crippen LogP contribution in [0.5, 0.6) is 5.75 Å². The molecule has 0 bridgehead atoms. The van der Waals surface area contributed by atoms with E-state index in [1.807, 2.05) is 13.8 Å². The van der Waals surface area contributed by atoms with Crippen LogP contribution in [0.3, 0.4) is 0 Å². The second-order valence-electron chi connectivity index (χ2n) is 6.50. The SMILES string of the molecule is CCC(CC)Oc1ccc([N+](=O)[O-])c(N(C)C(=O)OC(C)(C)C)c1. The molecule has 7 heteroatoms. The lowest BCUT2D eigenvalue weighted by Gasteiger charge is -2.25. The van der Waals surface area contributed by atoms with Crippen molar-refractivity contribution < 1.29 is 19.2 Å². The first-order valence-corrected chi connectivity index (χ1v) is 8.00. The third-order valence-electron chi connectivity index (χ3n) is 3.39. The minimum atomic E-state index is -0.691. The van der Waals surface area contributed by atoms with Crippen molar-refractivity contribution in [2.75, 3.05) is 11.9 Å². The van der Waals surface area contributed by atoms with Crippen LogP contribution in [0.15, 0.2) is 18.2 Å². The summed E-state index contributed by atoms with van der Waals surface area (Å²) in [4.78, 5) is 24.1. The molecule has 1 rings (SSSR count). The number of hydrogen-bond donors (Lipinski definition) is 0. The molecule has 0 saturated carbocycles. The summed E-state index contributed by atoms with van der Waals surface area (Å²) in [6.07, 6.45) is 1.01. The fourth-order valence-corrected chi connectivity index (χ4v) is 2.08. The highest BCUT2D eigenvalue weighted by Gasteiger charge is 2.26. The van der Waals surface area contributed by atoms with Gasteiger partial charge in [0.1, 0.15) is 17.0 Å². The number of carbonyl (C=O) groups excluding carboxylic acids is 1. The van der Waals surface area contributed by atoms with E-state index in [-0.39, 0.29) is 17.5 Å². The first-order chi connectivity index (χ1) is 11.1. The zero-order valence-electron chi connectivity index (χ0n) is 15.2. The van der Waals surface area contributed by atoms with E-state index in [2.05, 4.69) is 0 Å². The predicted octanol–water partition coefficient (Wildman–Crippen LogP) is 4.53. The zero-order valence-corrected chi connectivity index (χ0v) is 15.2. The highest BCUT2D eigenvalue weighted by Crippen LogP contribution is 2.33. The average molecular weight is 338 g/mol. The lowest BCUT2D eigenvalue weighted by Crippen LogP contribution is -2.34. The Labute approximate surface area is 142 Å². The Morgan fingerprint density at radius 1 is 1.29 bits per heavy atom. The van der Waals surface area contributed by atoms with Gasteiger partial charge in [-0.1, -0.05) is 13.8 Å². The van der Waals surface area contributed by atoms with Gasteiger partial charge in [0.2, 0.25) is 0 Å². The molecular formula is C17H26N2O5. The number of rotatable bonds is 6. The molecule has 1 aromatic rings. The molecule has 0 unspecified atom stereocenters. The van der Waals surface area contributed by atoms with Crippen LogP contribution in [-0.2, 0) is 4.74 Å². The Morgan fingerprint density at radius 3 is 2.33 bits per heavy atom. The first kappa shape index (κ1) is 19.7. The predicted molar refractivity (Wildman–Crippen MR) is 92.7 cm³/mol. The molecule has 0 aliphatic rings. The fourth-order valence-electron chi connectivity index (χ4n) is 2.08. The van der Waals surface area contributed by atoms with Crippen LogP contribution < -0.4 is 9.64 Å². The number of benzene rings is 1. The summed E-state index contributed by atoms with van der Waals surface area (Å²) in [5, 5.41) is 11.3. The van der Waals surface area contributed by atoms with Gasteiger partial charge in [0.25, 0.3) is 5.69 Å². The maximum absolute atomic E-state index is 12.2. The molecule has 0 saturated heterocycles. The Hall–Kier alpha value is -2.31. The summed E-state index contributed by atoms with van der Waals surface area (Å²) in [6.45, 7) is 9.22. The molecular weight excluding hydrogens is 312 g/mol. The molecule has 0 N–H and O–H groups in total. The fraction of sp³-hybridized carbons (Fsp3) is 0.588. The van der Waals surface area contributed by atoms with Crippen LogP contribution in [0.4, 0.5) is 16.2 Å². The molecule has 0 radical (unpaired) electrons. The standard InChI is InChI=1S/C17H26N2O5/c1-7-12(8-2)23-13-9-10-14(19(21)22)15(11-13)18(6)16(20)24-17(3,4)5/h9-12H,7-8H2,1-6H3. The van der Waals surface area contributed by atoms with Crippen LogP contribution in [0.1, 0.15) is 47.5 Å². The Kier molecular flexibility index (Phi) is 6.57. The number of hydrogen-bond acceptors (Lipinski definition) is 5. The van der Waals surface area contributed by atoms with Gasteiger partial charge in [-0.3, -0.25) is 15.0 Å². The number of nitrogens with zero attached hydrogens (tertiary/aromatic N) is 2. The van der Waals surface area contributed by atoms with E-state index in [4.69, 9.17) is 9.47 Å². The van der Waals surface area contributed by atoms with E-state index in [0.29, 0.717) is 5.75 Å². The van der Waals surface area contributed by atoms with E-state index in [0.717, 1.165) is 17.7 Å². The summed E-state index contributed by atoms with van der Waals surface area (Å²) in [5.74, 6) is 0.486. The third-order valence-corrected chi connectivity index (χ3v) is 3.39. The van der Waals surface area contributed by atoms with Crippen LogP contribution in [0.25, 0.3) is 0 Å². The van der Waals surface area contributed by atoms with Crippen molar-refractivity contribution >= 4 is 17.5 Å². The summed E-state index contributed by atoms with van der Waals surface area (Å²) >= 11 is 0. The number of ether oxygens (including phenoxy) is 2. The van der Waals surface area contributed by atoms with Gasteiger partial charge in [0, 0.05) is 19.2 Å². The highest BCUT2D eigenvalue weighted by atomic mass is 16.6. The van der Waals surface area contributed by atoms with Crippen molar-refractivity contribution in [3.63, 3.8) is 0 Å². The molecule has 7 nitrogen and oxygen atoms in total. The number of amides is 1. The van der Waals surface area contributed by atoms with E-state index in [1.54, 1.807) is 26.8 Å². The van der Waals surface area contributed by atoms with Gasteiger partial charge in [0.15, 0.2) is 0 Å².